The zero-order valence-electron chi connectivity index (χ0n) is 14.1. The SMILES string of the molecule is CCNC(=O)N1CCC(Nc2nccc(N3CCC(O)C3)n2)CC1. The first-order valence-corrected chi connectivity index (χ1v) is 8.71. The summed E-state index contributed by atoms with van der Waals surface area (Å²) >= 11 is 0. The van der Waals surface area contributed by atoms with Crippen molar-refractivity contribution in [2.75, 3.05) is 42.9 Å². The van der Waals surface area contributed by atoms with E-state index >= 15 is 0 Å². The molecule has 0 aliphatic carbocycles. The molecular weight excluding hydrogens is 308 g/mol. The van der Waals surface area contributed by atoms with Gasteiger partial charge >= 0.3 is 6.03 Å². The van der Waals surface area contributed by atoms with Crippen molar-refractivity contribution in [3.63, 3.8) is 0 Å². The molecule has 1 unspecified atom stereocenters. The molecule has 1 atom stereocenters. The maximum absolute atomic E-state index is 11.8. The number of amides is 2. The number of piperidine rings is 1. The first kappa shape index (κ1) is 16.8. The summed E-state index contributed by atoms with van der Waals surface area (Å²) in [5.41, 5.74) is 0. The molecule has 2 amide bonds. The fraction of sp³-hybridized carbons (Fsp3) is 0.688. The van der Waals surface area contributed by atoms with Crippen molar-refractivity contribution in [2.24, 2.45) is 0 Å². The van der Waals surface area contributed by atoms with Crippen molar-refractivity contribution >= 4 is 17.8 Å². The molecule has 3 heterocycles. The van der Waals surface area contributed by atoms with Crippen LogP contribution in [0, 0.1) is 0 Å². The van der Waals surface area contributed by atoms with Gasteiger partial charge in [-0.05, 0) is 32.3 Å². The third-order valence-electron chi connectivity index (χ3n) is 4.57. The fourth-order valence-electron chi connectivity index (χ4n) is 3.22. The van der Waals surface area contributed by atoms with Gasteiger partial charge in [-0.25, -0.2) is 9.78 Å². The topological polar surface area (TPSA) is 93.6 Å². The van der Waals surface area contributed by atoms with Gasteiger partial charge in [-0.3, -0.25) is 0 Å². The molecule has 0 spiro atoms. The highest BCUT2D eigenvalue weighted by atomic mass is 16.3. The van der Waals surface area contributed by atoms with Crippen molar-refractivity contribution in [3.8, 4) is 0 Å². The van der Waals surface area contributed by atoms with Crippen molar-refractivity contribution in [1.82, 2.24) is 20.2 Å². The Labute approximate surface area is 142 Å². The number of nitrogens with one attached hydrogen (secondary N) is 2. The van der Waals surface area contributed by atoms with Crippen molar-refractivity contribution in [1.29, 1.82) is 0 Å². The Kier molecular flexibility index (Phi) is 5.34. The molecule has 0 radical (unpaired) electrons. The second-order valence-electron chi connectivity index (χ2n) is 6.37. The van der Waals surface area contributed by atoms with Gasteiger partial charge in [0, 0.05) is 45.0 Å². The summed E-state index contributed by atoms with van der Waals surface area (Å²) in [6, 6.07) is 2.16. The van der Waals surface area contributed by atoms with Gasteiger partial charge in [0.2, 0.25) is 5.95 Å². The van der Waals surface area contributed by atoms with Gasteiger partial charge in [0.25, 0.3) is 0 Å². The van der Waals surface area contributed by atoms with Gasteiger partial charge in [0.05, 0.1) is 6.10 Å². The van der Waals surface area contributed by atoms with Gasteiger partial charge in [-0.2, -0.15) is 4.98 Å². The van der Waals surface area contributed by atoms with E-state index in [0.29, 0.717) is 19.0 Å². The minimum atomic E-state index is -0.269. The van der Waals surface area contributed by atoms with Crippen LogP contribution < -0.4 is 15.5 Å². The molecule has 2 saturated heterocycles. The summed E-state index contributed by atoms with van der Waals surface area (Å²) in [6.45, 7) is 5.51. The van der Waals surface area contributed by atoms with Crippen LogP contribution in [-0.2, 0) is 0 Å². The first-order valence-electron chi connectivity index (χ1n) is 8.71. The Balaban J connectivity index is 1.53. The van der Waals surface area contributed by atoms with Crippen LogP contribution in [-0.4, -0.2) is 70.9 Å². The minimum Gasteiger partial charge on any atom is -0.391 e. The molecule has 0 aromatic carbocycles. The molecule has 0 bridgehead atoms. The number of nitrogens with zero attached hydrogens (tertiary/aromatic N) is 4. The predicted molar refractivity (Wildman–Crippen MR) is 92.2 cm³/mol. The number of likely N-dealkylation sites (tertiary alicyclic amines) is 1. The summed E-state index contributed by atoms with van der Waals surface area (Å²) in [6.07, 6.45) is 4.03. The number of carbonyl (C=O) groups is 1. The standard InChI is InChI=1S/C16H26N6O2/c1-2-17-16(24)21-8-4-12(5-9-21)19-15-18-7-3-14(20-15)22-10-6-13(23)11-22/h3,7,12-13,23H,2,4-6,8-11H2,1H3,(H,17,24)(H,18,19,20). The molecule has 3 rings (SSSR count). The average Bonchev–Trinajstić information content (AvgIpc) is 3.03. The number of hydrogen-bond donors (Lipinski definition) is 3. The number of aliphatic hydroxyl groups is 1. The lowest BCUT2D eigenvalue weighted by Gasteiger charge is -2.32. The molecule has 0 saturated carbocycles. The van der Waals surface area contributed by atoms with Gasteiger partial charge in [0.15, 0.2) is 0 Å². The number of urea groups is 1. The van der Waals surface area contributed by atoms with E-state index in [2.05, 4.69) is 25.5 Å². The van der Waals surface area contributed by atoms with E-state index in [1.54, 1.807) is 6.20 Å². The zero-order valence-corrected chi connectivity index (χ0v) is 14.1. The van der Waals surface area contributed by atoms with Crippen LogP contribution in [0.4, 0.5) is 16.6 Å². The molecule has 8 heteroatoms. The van der Waals surface area contributed by atoms with Crippen LogP contribution in [0.25, 0.3) is 0 Å². The Bertz CT molecular complexity index is 561. The van der Waals surface area contributed by atoms with E-state index in [1.165, 1.54) is 0 Å². The molecule has 3 N–H and O–H groups in total. The summed E-state index contributed by atoms with van der Waals surface area (Å²) in [7, 11) is 0. The maximum atomic E-state index is 11.8. The average molecular weight is 334 g/mol. The summed E-state index contributed by atoms with van der Waals surface area (Å²) in [5.74, 6) is 1.47. The van der Waals surface area contributed by atoms with Crippen LogP contribution in [0.1, 0.15) is 26.2 Å². The number of aliphatic hydroxyl groups excluding tert-OH is 1. The molecule has 2 aliphatic heterocycles. The Hall–Kier alpha value is -2.09. The lowest BCUT2D eigenvalue weighted by Crippen LogP contribution is -2.46. The number of rotatable bonds is 4. The number of carbonyl (C=O) groups excluding carboxylic acids is 1. The fourth-order valence-corrected chi connectivity index (χ4v) is 3.22. The van der Waals surface area contributed by atoms with Crippen LogP contribution in [0.15, 0.2) is 12.3 Å². The van der Waals surface area contributed by atoms with Crippen LogP contribution in [0.3, 0.4) is 0 Å². The highest BCUT2D eigenvalue weighted by Crippen LogP contribution is 2.20. The third-order valence-corrected chi connectivity index (χ3v) is 4.57. The highest BCUT2D eigenvalue weighted by Gasteiger charge is 2.24. The van der Waals surface area contributed by atoms with Gasteiger partial charge in [-0.15, -0.1) is 0 Å². The van der Waals surface area contributed by atoms with E-state index in [4.69, 9.17) is 0 Å². The van der Waals surface area contributed by atoms with E-state index in [9.17, 15) is 9.90 Å². The van der Waals surface area contributed by atoms with Gasteiger partial charge in [-0.1, -0.05) is 0 Å². The van der Waals surface area contributed by atoms with E-state index in [-0.39, 0.29) is 18.2 Å². The van der Waals surface area contributed by atoms with Crippen LogP contribution >= 0.6 is 0 Å². The maximum Gasteiger partial charge on any atom is 0.317 e. The monoisotopic (exact) mass is 334 g/mol. The Morgan fingerprint density at radius 2 is 2.12 bits per heavy atom. The summed E-state index contributed by atoms with van der Waals surface area (Å²) in [5, 5.41) is 15.9. The molecular formula is C16H26N6O2. The van der Waals surface area contributed by atoms with E-state index < -0.39 is 0 Å². The summed E-state index contributed by atoms with van der Waals surface area (Å²) < 4.78 is 0. The van der Waals surface area contributed by atoms with Crippen LogP contribution in [0.2, 0.25) is 0 Å². The van der Waals surface area contributed by atoms with Crippen molar-refractivity contribution in [3.05, 3.63) is 12.3 Å². The van der Waals surface area contributed by atoms with E-state index in [1.807, 2.05) is 17.9 Å². The number of anilines is 2. The first-order chi connectivity index (χ1) is 11.7. The molecule has 132 valence electrons. The van der Waals surface area contributed by atoms with Crippen molar-refractivity contribution in [2.45, 2.75) is 38.3 Å². The minimum absolute atomic E-state index is 0.0155. The van der Waals surface area contributed by atoms with Gasteiger partial charge < -0.3 is 25.5 Å². The summed E-state index contributed by atoms with van der Waals surface area (Å²) in [4.78, 5) is 24.6. The van der Waals surface area contributed by atoms with Crippen LogP contribution in [0.5, 0.6) is 0 Å². The number of hydrogen-bond acceptors (Lipinski definition) is 6. The molecule has 1 aromatic rings. The van der Waals surface area contributed by atoms with Crippen molar-refractivity contribution < 1.29 is 9.90 Å². The molecule has 8 nitrogen and oxygen atoms in total. The second-order valence-corrected chi connectivity index (χ2v) is 6.37. The largest absolute Gasteiger partial charge is 0.391 e. The number of aromatic nitrogens is 2. The molecule has 24 heavy (non-hydrogen) atoms. The third kappa shape index (κ3) is 4.05. The van der Waals surface area contributed by atoms with E-state index in [0.717, 1.165) is 44.7 Å². The highest BCUT2D eigenvalue weighted by molar-refractivity contribution is 5.74. The smallest absolute Gasteiger partial charge is 0.317 e. The quantitative estimate of drug-likeness (QED) is 0.749. The Morgan fingerprint density at radius 3 is 2.79 bits per heavy atom. The predicted octanol–water partition coefficient (Wildman–Crippen LogP) is 0.653. The molecule has 2 fully saturated rings. The zero-order chi connectivity index (χ0) is 16.9. The Morgan fingerprint density at radius 1 is 1.33 bits per heavy atom. The van der Waals surface area contributed by atoms with Gasteiger partial charge in [0.1, 0.15) is 5.82 Å². The molecule has 1 aromatic heterocycles. The lowest BCUT2D eigenvalue weighted by atomic mass is 10.1. The number of β-amino-alcohol motifs (C(OH)–C–C–N with tert-alkyl or cyclic N) is 1. The normalized spacial score (nSPS) is 21.8. The second kappa shape index (κ2) is 7.65. The lowest BCUT2D eigenvalue weighted by molar-refractivity contribution is 0.184. The molecule has 2 aliphatic rings.